The fourth-order valence-electron chi connectivity index (χ4n) is 3.05. The number of halogens is 1. The summed E-state index contributed by atoms with van der Waals surface area (Å²) >= 11 is 5.55. The predicted octanol–water partition coefficient (Wildman–Crippen LogP) is 6.15. The van der Waals surface area contributed by atoms with Gasteiger partial charge in [-0.3, -0.25) is 0 Å². The Labute approximate surface area is 142 Å². The van der Waals surface area contributed by atoms with Gasteiger partial charge in [-0.15, -0.1) is 11.8 Å². The van der Waals surface area contributed by atoms with Crippen molar-refractivity contribution in [3.8, 4) is 0 Å². The first-order chi connectivity index (χ1) is 10.3. The molecule has 1 fully saturated rings. The van der Waals surface area contributed by atoms with Crippen LogP contribution in [0.3, 0.4) is 0 Å². The van der Waals surface area contributed by atoms with Crippen molar-refractivity contribution in [2.45, 2.75) is 80.4 Å². The lowest BCUT2D eigenvalue weighted by molar-refractivity contribution is 0.473. The van der Waals surface area contributed by atoms with E-state index in [2.05, 4.69) is 40.2 Å². The Hall–Kier alpha value is 0.01000. The lowest BCUT2D eigenvalue weighted by Gasteiger charge is -2.24. The van der Waals surface area contributed by atoms with E-state index in [4.69, 9.17) is 5.73 Å². The minimum absolute atomic E-state index is 0.341. The van der Waals surface area contributed by atoms with E-state index in [0.29, 0.717) is 11.3 Å². The van der Waals surface area contributed by atoms with Gasteiger partial charge in [0.2, 0.25) is 0 Å². The second-order valence-corrected chi connectivity index (χ2v) is 8.41. The van der Waals surface area contributed by atoms with Crippen molar-refractivity contribution in [3.05, 3.63) is 28.7 Å². The summed E-state index contributed by atoms with van der Waals surface area (Å²) in [6, 6.07) is 8.97. The minimum Gasteiger partial charge on any atom is -0.327 e. The molecule has 0 aromatic heterocycles. The number of hydrogen-bond acceptors (Lipinski definition) is 2. The van der Waals surface area contributed by atoms with Gasteiger partial charge < -0.3 is 5.73 Å². The third kappa shape index (κ3) is 6.75. The summed E-state index contributed by atoms with van der Waals surface area (Å²) in [7, 11) is 0. The van der Waals surface area contributed by atoms with Crippen molar-refractivity contribution in [1.29, 1.82) is 0 Å². The fraction of sp³-hybridized carbons (Fsp3) is 0.667. The number of rotatable bonds is 2. The summed E-state index contributed by atoms with van der Waals surface area (Å²) in [6.07, 6.45) is 13.5. The molecule has 1 saturated carbocycles. The van der Waals surface area contributed by atoms with E-state index in [1.54, 1.807) is 0 Å². The normalized spacial score (nSPS) is 25.8. The highest BCUT2D eigenvalue weighted by atomic mass is 79.9. The number of benzene rings is 1. The van der Waals surface area contributed by atoms with E-state index in [-0.39, 0.29) is 0 Å². The molecule has 0 aliphatic heterocycles. The molecular formula is C18H28BrNS. The molecule has 118 valence electrons. The van der Waals surface area contributed by atoms with Gasteiger partial charge in [0.1, 0.15) is 0 Å². The predicted molar refractivity (Wildman–Crippen MR) is 97.9 cm³/mol. The van der Waals surface area contributed by atoms with Gasteiger partial charge in [0.15, 0.2) is 0 Å². The third-order valence-electron chi connectivity index (χ3n) is 4.34. The molecule has 2 N–H and O–H groups in total. The summed E-state index contributed by atoms with van der Waals surface area (Å²) in [5, 5.41) is 0.568. The van der Waals surface area contributed by atoms with Gasteiger partial charge >= 0.3 is 0 Å². The van der Waals surface area contributed by atoms with E-state index in [0.717, 1.165) is 4.47 Å². The summed E-state index contributed by atoms with van der Waals surface area (Å²) in [5.74, 6) is 0. The van der Waals surface area contributed by atoms with Gasteiger partial charge in [-0.1, -0.05) is 73.4 Å². The van der Waals surface area contributed by atoms with E-state index in [1.807, 2.05) is 11.8 Å². The Morgan fingerprint density at radius 2 is 1.52 bits per heavy atom. The molecule has 2 unspecified atom stereocenters. The summed E-state index contributed by atoms with van der Waals surface area (Å²) < 4.78 is 1.16. The minimum atomic E-state index is 0.341. The molecule has 1 aromatic rings. The van der Waals surface area contributed by atoms with Gasteiger partial charge in [0.25, 0.3) is 0 Å². The van der Waals surface area contributed by atoms with Crippen molar-refractivity contribution in [2.75, 3.05) is 0 Å². The Morgan fingerprint density at radius 3 is 2.19 bits per heavy atom. The summed E-state index contributed by atoms with van der Waals surface area (Å²) in [5.41, 5.74) is 6.51. The molecule has 0 radical (unpaired) electrons. The van der Waals surface area contributed by atoms with Crippen molar-refractivity contribution in [1.82, 2.24) is 0 Å². The number of nitrogens with two attached hydrogens (primary N) is 1. The standard InChI is InChI=1S/C18H28BrNS/c19-15-10-9-11-16(14-15)21-18-13-8-6-4-2-1-3-5-7-12-17(18)20/h9-11,14,17-18H,1-8,12-13,20H2. The van der Waals surface area contributed by atoms with Gasteiger partial charge in [-0.05, 0) is 31.0 Å². The molecule has 3 heteroatoms. The molecule has 0 amide bonds. The van der Waals surface area contributed by atoms with Crippen molar-refractivity contribution in [3.63, 3.8) is 0 Å². The first kappa shape index (κ1) is 17.4. The smallest absolute Gasteiger partial charge is 0.0246 e. The van der Waals surface area contributed by atoms with Gasteiger partial charge in [-0.2, -0.15) is 0 Å². The van der Waals surface area contributed by atoms with Crippen molar-refractivity contribution in [2.24, 2.45) is 5.73 Å². The van der Waals surface area contributed by atoms with Crippen LogP contribution in [-0.4, -0.2) is 11.3 Å². The fourth-order valence-corrected chi connectivity index (χ4v) is 4.90. The average molecular weight is 370 g/mol. The van der Waals surface area contributed by atoms with E-state index in [9.17, 15) is 0 Å². The zero-order valence-electron chi connectivity index (χ0n) is 12.9. The van der Waals surface area contributed by atoms with Gasteiger partial charge in [0, 0.05) is 20.7 Å². The topological polar surface area (TPSA) is 26.0 Å². The molecule has 1 aliphatic rings. The van der Waals surface area contributed by atoms with Crippen LogP contribution in [0.4, 0.5) is 0 Å². The van der Waals surface area contributed by atoms with Crippen LogP contribution in [0.5, 0.6) is 0 Å². The highest BCUT2D eigenvalue weighted by Crippen LogP contribution is 2.32. The van der Waals surface area contributed by atoms with E-state index >= 15 is 0 Å². The van der Waals surface area contributed by atoms with Crippen LogP contribution in [0.1, 0.15) is 64.2 Å². The molecule has 21 heavy (non-hydrogen) atoms. The Morgan fingerprint density at radius 1 is 0.905 bits per heavy atom. The highest BCUT2D eigenvalue weighted by Gasteiger charge is 2.19. The molecule has 2 atom stereocenters. The first-order valence-corrected chi connectivity index (χ1v) is 10.1. The second kappa shape index (κ2) is 9.91. The quantitative estimate of drug-likeness (QED) is 0.675. The van der Waals surface area contributed by atoms with Crippen LogP contribution in [0.15, 0.2) is 33.6 Å². The maximum absolute atomic E-state index is 6.51. The molecule has 1 aromatic carbocycles. The van der Waals surface area contributed by atoms with Crippen molar-refractivity contribution >= 4 is 27.7 Å². The molecule has 2 rings (SSSR count). The van der Waals surface area contributed by atoms with E-state index < -0.39 is 0 Å². The monoisotopic (exact) mass is 369 g/mol. The maximum atomic E-state index is 6.51. The molecule has 0 saturated heterocycles. The van der Waals surface area contributed by atoms with Gasteiger partial charge in [-0.25, -0.2) is 0 Å². The van der Waals surface area contributed by atoms with Crippen LogP contribution >= 0.6 is 27.7 Å². The SMILES string of the molecule is NC1CCCCCCCCCCC1Sc1cccc(Br)c1. The van der Waals surface area contributed by atoms with Crippen molar-refractivity contribution < 1.29 is 0 Å². The lowest BCUT2D eigenvalue weighted by atomic mass is 9.98. The van der Waals surface area contributed by atoms with Crippen LogP contribution in [0, 0.1) is 0 Å². The molecule has 0 spiro atoms. The Bertz CT molecular complexity index is 410. The summed E-state index contributed by atoms with van der Waals surface area (Å²) in [4.78, 5) is 1.34. The Balaban J connectivity index is 1.94. The molecule has 0 heterocycles. The summed E-state index contributed by atoms with van der Waals surface area (Å²) in [6.45, 7) is 0. The van der Waals surface area contributed by atoms with Gasteiger partial charge in [0.05, 0.1) is 0 Å². The van der Waals surface area contributed by atoms with E-state index in [1.165, 1.54) is 69.1 Å². The van der Waals surface area contributed by atoms with Crippen LogP contribution < -0.4 is 5.73 Å². The molecule has 0 bridgehead atoms. The van der Waals surface area contributed by atoms with Crippen LogP contribution in [-0.2, 0) is 0 Å². The largest absolute Gasteiger partial charge is 0.327 e. The number of thioether (sulfide) groups is 1. The maximum Gasteiger partial charge on any atom is 0.0246 e. The zero-order valence-corrected chi connectivity index (χ0v) is 15.3. The third-order valence-corrected chi connectivity index (χ3v) is 6.24. The van der Waals surface area contributed by atoms with Crippen LogP contribution in [0.25, 0.3) is 0 Å². The molecule has 1 aliphatic carbocycles. The number of hydrogen-bond donors (Lipinski definition) is 1. The lowest BCUT2D eigenvalue weighted by Crippen LogP contribution is -2.32. The average Bonchev–Trinajstić information content (AvgIpc) is 2.46. The first-order valence-electron chi connectivity index (χ1n) is 8.43. The zero-order chi connectivity index (χ0) is 14.9. The Kier molecular flexibility index (Phi) is 8.20. The molecular weight excluding hydrogens is 342 g/mol. The second-order valence-electron chi connectivity index (χ2n) is 6.18. The van der Waals surface area contributed by atoms with Crippen LogP contribution in [0.2, 0.25) is 0 Å². The molecule has 1 nitrogen and oxygen atoms in total. The highest BCUT2D eigenvalue weighted by molar-refractivity contribution is 9.10.